The van der Waals surface area contributed by atoms with Gasteiger partial charge in [0.1, 0.15) is 5.69 Å². The number of nitrogens with one attached hydrogen (secondary N) is 1. The number of carbonyl (C=O) groups excluding carboxylic acids is 1. The maximum absolute atomic E-state index is 13.1. The smallest absolute Gasteiger partial charge is 0.253 e. The van der Waals surface area contributed by atoms with E-state index in [0.29, 0.717) is 11.6 Å². The van der Waals surface area contributed by atoms with Crippen molar-refractivity contribution in [2.75, 3.05) is 27.2 Å². The van der Waals surface area contributed by atoms with Crippen LogP contribution in [-0.4, -0.2) is 59.1 Å². The lowest BCUT2D eigenvalue weighted by Crippen LogP contribution is -2.34. The molecule has 1 saturated heterocycles. The van der Waals surface area contributed by atoms with Gasteiger partial charge in [0.2, 0.25) is 0 Å². The number of likely N-dealkylation sites (N-methyl/N-ethyl adjacent to an activating group) is 1. The van der Waals surface area contributed by atoms with Crippen LogP contribution < -0.4 is 0 Å². The second kappa shape index (κ2) is 8.93. The minimum absolute atomic E-state index is 0.0675. The van der Waals surface area contributed by atoms with Gasteiger partial charge in [-0.2, -0.15) is 5.10 Å². The molecule has 2 heterocycles. The van der Waals surface area contributed by atoms with Crippen LogP contribution in [-0.2, 0) is 0 Å². The summed E-state index contributed by atoms with van der Waals surface area (Å²) in [7, 11) is 4.13. The molecule has 1 amide bonds. The van der Waals surface area contributed by atoms with E-state index in [1.807, 2.05) is 53.4 Å². The summed E-state index contributed by atoms with van der Waals surface area (Å²) in [4.78, 5) is 17.2. The Balaban J connectivity index is 1.37. The molecule has 1 atom stereocenters. The van der Waals surface area contributed by atoms with E-state index in [-0.39, 0.29) is 5.91 Å². The van der Waals surface area contributed by atoms with Crippen molar-refractivity contribution in [1.82, 2.24) is 20.0 Å². The molecule has 0 aliphatic carbocycles. The highest BCUT2D eigenvalue weighted by Gasteiger charge is 2.28. The molecule has 5 heteroatoms. The van der Waals surface area contributed by atoms with E-state index in [4.69, 9.17) is 0 Å². The van der Waals surface area contributed by atoms with Crippen LogP contribution in [0.25, 0.3) is 22.0 Å². The van der Waals surface area contributed by atoms with Crippen LogP contribution in [0.15, 0.2) is 72.8 Å². The number of aromatic amines is 1. The van der Waals surface area contributed by atoms with Gasteiger partial charge in [0, 0.05) is 35.6 Å². The fourth-order valence-corrected chi connectivity index (χ4v) is 4.28. The molecule has 1 unspecified atom stereocenters. The lowest BCUT2D eigenvalue weighted by atomic mass is 10.0. The number of H-pyrrole nitrogens is 1. The SMILES string of the molecule is CN(C)C1CCN(C(=O)c2ccc3n[nH]c(C#Cc4ccc(-c5ccccc5)cc4)c3c2)C1. The van der Waals surface area contributed by atoms with Gasteiger partial charge < -0.3 is 9.80 Å². The van der Waals surface area contributed by atoms with Crippen LogP contribution in [0.3, 0.4) is 0 Å². The minimum Gasteiger partial charge on any atom is -0.337 e. The second-order valence-corrected chi connectivity index (χ2v) is 8.68. The Kier molecular flexibility index (Phi) is 5.68. The van der Waals surface area contributed by atoms with Crippen LogP contribution in [0.5, 0.6) is 0 Å². The highest BCUT2D eigenvalue weighted by atomic mass is 16.2. The Bertz CT molecular complexity index is 1340. The molecule has 33 heavy (non-hydrogen) atoms. The standard InChI is InChI=1S/C28H26N4O/c1-31(2)24-16-17-32(19-24)28(33)23-13-15-27-25(18-23)26(29-30-27)14-10-20-8-11-22(12-9-20)21-6-4-3-5-7-21/h3-9,11-13,15,18,24H,16-17,19H2,1-2H3,(H,29,30). The monoisotopic (exact) mass is 434 g/mol. The maximum Gasteiger partial charge on any atom is 0.253 e. The normalized spacial score (nSPS) is 15.6. The number of carbonyl (C=O) groups is 1. The quantitative estimate of drug-likeness (QED) is 0.486. The molecule has 3 aromatic carbocycles. The number of rotatable bonds is 3. The van der Waals surface area contributed by atoms with E-state index in [1.165, 1.54) is 5.56 Å². The first-order valence-corrected chi connectivity index (χ1v) is 11.2. The fourth-order valence-electron chi connectivity index (χ4n) is 4.28. The van der Waals surface area contributed by atoms with Crippen LogP contribution >= 0.6 is 0 Å². The Morgan fingerprint density at radius 2 is 1.76 bits per heavy atom. The molecule has 1 aromatic heterocycles. The van der Waals surface area contributed by atoms with E-state index >= 15 is 0 Å². The third-order valence-electron chi connectivity index (χ3n) is 6.31. The fraction of sp³-hybridized carbons (Fsp3) is 0.214. The number of hydrogen-bond donors (Lipinski definition) is 1. The Morgan fingerprint density at radius 1 is 1.00 bits per heavy atom. The zero-order valence-electron chi connectivity index (χ0n) is 18.9. The first-order valence-electron chi connectivity index (χ1n) is 11.2. The van der Waals surface area contributed by atoms with Crippen LogP contribution in [0.1, 0.15) is 28.0 Å². The second-order valence-electron chi connectivity index (χ2n) is 8.68. The molecule has 0 saturated carbocycles. The first kappa shape index (κ1) is 21.0. The molecule has 1 N–H and O–H groups in total. The van der Waals surface area contributed by atoms with Gasteiger partial charge >= 0.3 is 0 Å². The number of nitrogens with zero attached hydrogens (tertiary/aromatic N) is 3. The molecule has 1 fully saturated rings. The van der Waals surface area contributed by atoms with Crippen LogP contribution in [0.4, 0.5) is 0 Å². The Morgan fingerprint density at radius 3 is 2.48 bits per heavy atom. The lowest BCUT2D eigenvalue weighted by molar-refractivity contribution is 0.0783. The van der Waals surface area contributed by atoms with Gasteiger partial charge in [0.05, 0.1) is 5.52 Å². The molecule has 4 aromatic rings. The average Bonchev–Trinajstić information content (AvgIpc) is 3.51. The molecule has 5 nitrogen and oxygen atoms in total. The van der Waals surface area contributed by atoms with Gasteiger partial charge in [-0.15, -0.1) is 0 Å². The largest absolute Gasteiger partial charge is 0.337 e. The van der Waals surface area contributed by atoms with Crippen LogP contribution in [0.2, 0.25) is 0 Å². The van der Waals surface area contributed by atoms with Gasteiger partial charge in [-0.3, -0.25) is 9.89 Å². The van der Waals surface area contributed by atoms with Gasteiger partial charge in [0.15, 0.2) is 0 Å². The number of fused-ring (bicyclic) bond motifs is 1. The zero-order valence-corrected chi connectivity index (χ0v) is 18.9. The first-order chi connectivity index (χ1) is 16.1. The number of benzene rings is 3. The average molecular weight is 435 g/mol. The van der Waals surface area contributed by atoms with Crippen molar-refractivity contribution in [2.45, 2.75) is 12.5 Å². The van der Waals surface area contributed by atoms with Crippen molar-refractivity contribution >= 4 is 16.8 Å². The molecular weight excluding hydrogens is 408 g/mol. The van der Waals surface area contributed by atoms with Crippen molar-refractivity contribution in [3.05, 3.63) is 89.6 Å². The molecule has 0 spiro atoms. The topological polar surface area (TPSA) is 52.2 Å². The van der Waals surface area contributed by atoms with Gasteiger partial charge in [0.25, 0.3) is 5.91 Å². The highest BCUT2D eigenvalue weighted by Crippen LogP contribution is 2.22. The Hall–Kier alpha value is -3.88. The molecule has 1 aliphatic rings. The molecular formula is C28H26N4O. The number of amides is 1. The third kappa shape index (κ3) is 4.39. The summed E-state index contributed by atoms with van der Waals surface area (Å²) < 4.78 is 0. The molecule has 5 rings (SSSR count). The summed E-state index contributed by atoms with van der Waals surface area (Å²) in [6, 6.07) is 24.6. The number of aromatic nitrogens is 2. The molecule has 0 bridgehead atoms. The lowest BCUT2D eigenvalue weighted by Gasteiger charge is -2.20. The number of hydrogen-bond acceptors (Lipinski definition) is 3. The summed E-state index contributed by atoms with van der Waals surface area (Å²) in [5.41, 5.74) is 5.48. The Labute approximate surface area is 194 Å². The minimum atomic E-state index is 0.0675. The van der Waals surface area contributed by atoms with E-state index in [1.54, 1.807) is 0 Å². The van der Waals surface area contributed by atoms with E-state index in [0.717, 1.165) is 47.2 Å². The molecule has 164 valence electrons. The van der Waals surface area contributed by atoms with Crippen molar-refractivity contribution in [3.63, 3.8) is 0 Å². The molecule has 1 aliphatic heterocycles. The predicted molar refractivity (Wildman–Crippen MR) is 132 cm³/mol. The summed E-state index contributed by atoms with van der Waals surface area (Å²) in [5.74, 6) is 6.49. The van der Waals surface area contributed by atoms with Gasteiger partial charge in [-0.25, -0.2) is 0 Å². The predicted octanol–water partition coefficient (Wildman–Crippen LogP) is 4.41. The zero-order chi connectivity index (χ0) is 22.8. The van der Waals surface area contributed by atoms with Crippen LogP contribution in [0, 0.1) is 11.8 Å². The van der Waals surface area contributed by atoms with E-state index in [2.05, 4.69) is 65.3 Å². The summed E-state index contributed by atoms with van der Waals surface area (Å²) in [6.07, 6.45) is 1.01. The van der Waals surface area contributed by atoms with Crippen molar-refractivity contribution in [3.8, 4) is 23.0 Å². The van der Waals surface area contributed by atoms with Gasteiger partial charge in [-0.05, 0) is 67.9 Å². The summed E-state index contributed by atoms with van der Waals surface area (Å²) in [5, 5.41) is 8.26. The molecule has 0 radical (unpaired) electrons. The maximum atomic E-state index is 13.1. The van der Waals surface area contributed by atoms with Gasteiger partial charge in [-0.1, -0.05) is 48.4 Å². The van der Waals surface area contributed by atoms with Crippen molar-refractivity contribution < 1.29 is 4.79 Å². The van der Waals surface area contributed by atoms with Crippen molar-refractivity contribution in [1.29, 1.82) is 0 Å². The van der Waals surface area contributed by atoms with Crippen molar-refractivity contribution in [2.24, 2.45) is 0 Å². The summed E-state index contributed by atoms with van der Waals surface area (Å²) >= 11 is 0. The highest BCUT2D eigenvalue weighted by molar-refractivity contribution is 5.99. The third-order valence-corrected chi connectivity index (χ3v) is 6.31. The number of likely N-dealkylation sites (tertiary alicyclic amines) is 1. The van der Waals surface area contributed by atoms with E-state index < -0.39 is 0 Å². The summed E-state index contributed by atoms with van der Waals surface area (Å²) in [6.45, 7) is 1.55. The van der Waals surface area contributed by atoms with E-state index in [9.17, 15) is 4.79 Å².